The number of aliphatic carboxylic acids is 1. The molecule has 0 radical (unpaired) electrons. The van der Waals surface area contributed by atoms with Gasteiger partial charge in [0.25, 0.3) is 0 Å². The van der Waals surface area contributed by atoms with Crippen LogP contribution in [0.4, 0.5) is 0 Å². The Morgan fingerprint density at radius 1 is 0.500 bits per heavy atom. The highest BCUT2D eigenvalue weighted by atomic mass is 32.2. The number of nitrogens with one attached hydrogen (secondary N) is 13. The summed E-state index contributed by atoms with van der Waals surface area (Å²) in [6.07, 6.45) is 2.47. The van der Waals surface area contributed by atoms with Gasteiger partial charge in [-0.25, -0.2) is 4.79 Å². The fourth-order valence-electron chi connectivity index (χ4n) is 11.8. The maximum absolute atomic E-state index is 14.2. The number of amides is 15. The molecule has 2 aliphatic heterocycles. The van der Waals surface area contributed by atoms with Crippen molar-refractivity contribution in [2.24, 2.45) is 35.1 Å². The van der Waals surface area contributed by atoms with Gasteiger partial charge in [-0.1, -0.05) is 67.5 Å². The molecule has 0 aromatic heterocycles. The van der Waals surface area contributed by atoms with Crippen LogP contribution in [0.5, 0.6) is 5.75 Å². The lowest BCUT2D eigenvalue weighted by atomic mass is 9.99. The number of phenols is 1. The molecule has 2 saturated heterocycles. The van der Waals surface area contributed by atoms with Crippen molar-refractivity contribution < 1.29 is 97.1 Å². The number of likely N-dealkylation sites (tertiary alicyclic amines) is 2. The number of thioether (sulfide) groups is 1. The summed E-state index contributed by atoms with van der Waals surface area (Å²) in [7, 11) is 0. The van der Waals surface area contributed by atoms with E-state index in [2.05, 4.69) is 69.1 Å². The number of nitrogens with zero attached hydrogens (tertiary/aromatic N) is 2. The molecule has 2 heterocycles. The molecule has 0 aliphatic carbocycles. The first-order valence-corrected chi connectivity index (χ1v) is 37.9. The summed E-state index contributed by atoms with van der Waals surface area (Å²) in [6, 6.07) is -10.8. The van der Waals surface area contributed by atoms with Crippen LogP contribution in [0.2, 0.25) is 0 Å². The molecule has 37 nitrogen and oxygen atoms in total. The number of carbonyl (C=O) groups excluding carboxylic acids is 15. The van der Waals surface area contributed by atoms with Crippen LogP contribution >= 0.6 is 11.8 Å². The molecule has 2 aliphatic rings. The van der Waals surface area contributed by atoms with Crippen LogP contribution in [-0.2, 0) is 83.1 Å². The standard InChI is InChI=1S/C70H115N17O20S/c1-35(2)29-46(61(97)76-40(10)58(94)77-44(17-13-14-25-71)59(95)78-45(24-28-108-12)60(96)80-47(30-42-20-22-43(90)23-21-42)69(105)87-27-16-19-50(87)70(106)107)79-65(101)56(38(7)8)85-67(103)57(41(11)89)82-53(93)33-74-51(91)31-73-52(92)32-75-64(100)54(36(3)4)83-62(98)48(34-88)81-66(102)55(37(5)6)84-63(99)49-18-15-26-86(49)68(104)39(9)72/h20-23,35-41,44-50,54-57,88-90H,13-19,24-34,71-72H2,1-12H3,(H,73,92)(H,74,91)(H,75,100)(H,76,97)(H,77,94)(H,78,95)(H,79,101)(H,80,96)(H,81,102)(H,82,93)(H,83,98)(H,84,99)(H,85,103)(H,106,107)/t39-,40-,41+,44-,45-,46-,47-,48-,49-,50-,54-,55-,56-,57-/m0/s1. The van der Waals surface area contributed by atoms with Crippen LogP contribution in [0.1, 0.15) is 140 Å². The molecule has 606 valence electrons. The molecule has 38 heteroatoms. The number of aliphatic hydroxyl groups excluding tert-OH is 2. The lowest BCUT2D eigenvalue weighted by molar-refractivity contribution is -0.149. The van der Waals surface area contributed by atoms with E-state index in [1.54, 1.807) is 73.8 Å². The third-order valence-corrected chi connectivity index (χ3v) is 18.6. The highest BCUT2D eigenvalue weighted by Gasteiger charge is 2.42. The number of carboxylic acids is 1. The van der Waals surface area contributed by atoms with Gasteiger partial charge in [-0.3, -0.25) is 71.9 Å². The maximum atomic E-state index is 14.2. The lowest BCUT2D eigenvalue weighted by Gasteiger charge is -2.30. The van der Waals surface area contributed by atoms with Crippen LogP contribution in [0.15, 0.2) is 24.3 Å². The number of carboxylic acid groups (broad SMARTS) is 1. The molecule has 1 aromatic rings. The Hall–Kier alpha value is -9.27. The Labute approximate surface area is 633 Å². The summed E-state index contributed by atoms with van der Waals surface area (Å²) in [5, 5.41) is 73.0. The Balaban J connectivity index is 1.60. The minimum Gasteiger partial charge on any atom is -0.508 e. The maximum Gasteiger partial charge on any atom is 0.326 e. The molecule has 21 N–H and O–H groups in total. The van der Waals surface area contributed by atoms with Crippen LogP contribution < -0.4 is 80.6 Å². The second kappa shape index (κ2) is 46.2. The normalized spacial score (nSPS) is 17.5. The summed E-state index contributed by atoms with van der Waals surface area (Å²) >= 11 is 1.37. The first-order valence-electron chi connectivity index (χ1n) is 36.5. The van der Waals surface area contributed by atoms with Crippen LogP contribution in [0.25, 0.3) is 0 Å². The van der Waals surface area contributed by atoms with Gasteiger partial charge >= 0.3 is 5.97 Å². The zero-order valence-corrected chi connectivity index (χ0v) is 64.5. The number of hydrogen-bond donors (Lipinski definition) is 19. The SMILES string of the molecule is CSCC[C@H](NC(=O)[C@H](CCCCN)NC(=O)[C@H](C)NC(=O)[C@H](CC(C)C)NC(=O)[C@@H](NC(=O)[C@@H](NC(=O)CNC(=O)CNC(=O)CNC(=O)[C@@H](NC(=O)[C@H](CO)NC(=O)[C@@H](NC(=O)[C@@H]1CCCN1C(=O)[C@H](C)N)C(C)C)C(C)C)[C@@H](C)O)C(C)C)C(=O)N[C@@H](Cc1ccc(O)cc1)C(=O)N1CCC[C@H]1C(=O)O. The molecule has 0 spiro atoms. The first-order chi connectivity index (χ1) is 50.8. The van der Waals surface area contributed by atoms with Gasteiger partial charge in [0.1, 0.15) is 78.3 Å². The summed E-state index contributed by atoms with van der Waals surface area (Å²) in [5.41, 5.74) is 12.1. The first kappa shape index (κ1) is 92.9. The number of benzene rings is 1. The van der Waals surface area contributed by atoms with E-state index in [1.165, 1.54) is 47.5 Å². The van der Waals surface area contributed by atoms with Gasteiger partial charge in [-0.15, -0.1) is 0 Å². The Morgan fingerprint density at radius 3 is 1.47 bits per heavy atom. The molecule has 0 bridgehead atoms. The monoisotopic (exact) mass is 1550 g/mol. The summed E-state index contributed by atoms with van der Waals surface area (Å²) in [5.74, 6) is -15.3. The van der Waals surface area contributed by atoms with Crippen molar-refractivity contribution in [1.82, 2.24) is 78.9 Å². The zero-order chi connectivity index (χ0) is 81.4. The lowest BCUT2D eigenvalue weighted by Crippen LogP contribution is -2.61. The van der Waals surface area contributed by atoms with E-state index in [0.717, 1.165) is 6.92 Å². The van der Waals surface area contributed by atoms with Gasteiger partial charge in [0.2, 0.25) is 88.6 Å². The number of unbranched alkanes of at least 4 members (excludes halogenated alkanes) is 1. The van der Waals surface area contributed by atoms with Crippen LogP contribution in [-0.4, -0.2) is 267 Å². The molecular formula is C70H115N17O20S. The quantitative estimate of drug-likeness (QED) is 0.0272. The van der Waals surface area contributed by atoms with E-state index in [-0.39, 0.29) is 56.9 Å². The Kier molecular flexibility index (Phi) is 39.7. The van der Waals surface area contributed by atoms with E-state index in [4.69, 9.17) is 11.5 Å². The average Bonchev–Trinajstić information content (AvgIpc) is 1.60. The van der Waals surface area contributed by atoms with Gasteiger partial charge in [-0.05, 0) is 138 Å². The zero-order valence-electron chi connectivity index (χ0n) is 63.7. The van der Waals surface area contributed by atoms with E-state index < -0.39 is 223 Å². The van der Waals surface area contributed by atoms with Crippen molar-refractivity contribution in [2.45, 2.75) is 225 Å². The number of phenolic OH excluding ortho intramolecular Hbond substituents is 1. The number of hydrogen-bond acceptors (Lipinski definition) is 22. The number of aliphatic hydroxyl groups is 2. The minimum absolute atomic E-state index is 0.0130. The fourth-order valence-corrected chi connectivity index (χ4v) is 12.2. The van der Waals surface area contributed by atoms with E-state index in [0.29, 0.717) is 50.0 Å². The predicted octanol–water partition coefficient (Wildman–Crippen LogP) is -5.17. The summed E-state index contributed by atoms with van der Waals surface area (Å²) in [6.45, 7) is 14.5. The molecule has 3 rings (SSSR count). The van der Waals surface area contributed by atoms with Crippen molar-refractivity contribution in [2.75, 3.05) is 57.9 Å². The van der Waals surface area contributed by atoms with Crippen molar-refractivity contribution >= 4 is 106 Å². The number of nitrogens with two attached hydrogens (primary N) is 2. The topological polar surface area (TPSA) is 569 Å². The highest BCUT2D eigenvalue weighted by molar-refractivity contribution is 7.98. The second-order valence-electron chi connectivity index (χ2n) is 28.5. The third-order valence-electron chi connectivity index (χ3n) is 17.9. The van der Waals surface area contributed by atoms with E-state index in [1.807, 2.05) is 0 Å². The summed E-state index contributed by atoms with van der Waals surface area (Å²) in [4.78, 5) is 218. The average molecular weight is 1550 g/mol. The molecule has 108 heavy (non-hydrogen) atoms. The molecule has 14 atom stereocenters. The van der Waals surface area contributed by atoms with Gasteiger partial charge in [0.15, 0.2) is 0 Å². The highest BCUT2D eigenvalue weighted by Crippen LogP contribution is 2.23. The Bertz CT molecular complexity index is 3270. The number of carbonyl (C=O) groups is 16. The predicted molar refractivity (Wildman–Crippen MR) is 395 cm³/mol. The minimum atomic E-state index is -1.72. The van der Waals surface area contributed by atoms with Crippen molar-refractivity contribution in [3.63, 3.8) is 0 Å². The number of aromatic hydroxyl groups is 1. The van der Waals surface area contributed by atoms with Crippen LogP contribution in [0.3, 0.4) is 0 Å². The van der Waals surface area contributed by atoms with Crippen LogP contribution in [0, 0.1) is 23.7 Å². The number of rotatable bonds is 45. The van der Waals surface area contributed by atoms with Crippen molar-refractivity contribution in [3.05, 3.63) is 29.8 Å². The molecule has 1 aromatic carbocycles. The molecule has 15 amide bonds. The largest absolute Gasteiger partial charge is 0.508 e. The van der Waals surface area contributed by atoms with Gasteiger partial charge in [-0.2, -0.15) is 11.8 Å². The second-order valence-corrected chi connectivity index (χ2v) is 29.5. The van der Waals surface area contributed by atoms with Crippen molar-refractivity contribution in [3.8, 4) is 5.75 Å². The fraction of sp³-hybridized carbons (Fsp3) is 0.686. The summed E-state index contributed by atoms with van der Waals surface area (Å²) < 4.78 is 0. The Morgan fingerprint density at radius 2 is 0.954 bits per heavy atom. The molecule has 0 unspecified atom stereocenters. The smallest absolute Gasteiger partial charge is 0.326 e. The van der Waals surface area contributed by atoms with Gasteiger partial charge in [0.05, 0.1) is 38.4 Å². The molecular weight excluding hydrogens is 1430 g/mol. The van der Waals surface area contributed by atoms with Gasteiger partial charge in [0, 0.05) is 19.5 Å². The molecule has 2 fully saturated rings. The van der Waals surface area contributed by atoms with E-state index >= 15 is 0 Å². The van der Waals surface area contributed by atoms with E-state index in [9.17, 15) is 97.1 Å². The molecule has 0 saturated carbocycles. The van der Waals surface area contributed by atoms with Gasteiger partial charge < -0.3 is 111 Å². The van der Waals surface area contributed by atoms with Crippen molar-refractivity contribution in [1.29, 1.82) is 0 Å². The third kappa shape index (κ3) is 30.4.